The molecule has 0 aromatic carbocycles. The summed E-state index contributed by atoms with van der Waals surface area (Å²) in [5.74, 6) is 0.918. The van der Waals surface area contributed by atoms with Crippen LogP contribution in [0.4, 0.5) is 9.18 Å². The number of carbonyl (C=O) groups is 1. The second-order valence-electron chi connectivity index (χ2n) is 8.80. The molecular formula is C20H33FN6O. The summed E-state index contributed by atoms with van der Waals surface area (Å²) in [6.07, 6.45) is 9.10. The van der Waals surface area contributed by atoms with Crippen molar-refractivity contribution in [2.75, 3.05) is 20.1 Å². The maximum Gasteiger partial charge on any atom is 0.315 e. The molecule has 2 N–H and O–H groups in total. The SMILES string of the molecule is CN1C2CCCC1CC(NC(=O)NC[C@@H]1C[C@H](F)CN1Cc1nccn1C)C2. The Bertz CT molecular complexity index is 667. The fourth-order valence-corrected chi connectivity index (χ4v) is 5.24. The van der Waals surface area contributed by atoms with Crippen molar-refractivity contribution in [3.05, 3.63) is 18.2 Å². The molecule has 0 saturated carbocycles. The second-order valence-corrected chi connectivity index (χ2v) is 8.80. The normalized spacial score (nSPS) is 33.8. The number of hydrogen-bond donors (Lipinski definition) is 2. The topological polar surface area (TPSA) is 65.4 Å². The van der Waals surface area contributed by atoms with Crippen LogP contribution in [0.1, 0.15) is 44.3 Å². The Hall–Kier alpha value is -1.67. The molecule has 4 heterocycles. The molecule has 1 aromatic heterocycles. The Morgan fingerprint density at radius 1 is 1.25 bits per heavy atom. The van der Waals surface area contributed by atoms with Gasteiger partial charge in [0.25, 0.3) is 0 Å². The Morgan fingerprint density at radius 3 is 2.68 bits per heavy atom. The predicted octanol–water partition coefficient (Wildman–Crippen LogP) is 1.65. The first-order valence-corrected chi connectivity index (χ1v) is 10.6. The number of nitrogens with one attached hydrogen (secondary N) is 2. The molecule has 3 saturated heterocycles. The molecule has 0 aliphatic carbocycles. The minimum absolute atomic E-state index is 0.00863. The molecule has 7 nitrogen and oxygen atoms in total. The van der Waals surface area contributed by atoms with Crippen LogP contribution >= 0.6 is 0 Å². The number of nitrogens with zero attached hydrogens (tertiary/aromatic N) is 4. The summed E-state index contributed by atoms with van der Waals surface area (Å²) in [4.78, 5) is 21.4. The van der Waals surface area contributed by atoms with Crippen LogP contribution in [0.3, 0.4) is 0 Å². The number of likely N-dealkylation sites (tertiary alicyclic amines) is 1. The highest BCUT2D eigenvalue weighted by Gasteiger charge is 2.37. The van der Waals surface area contributed by atoms with Crippen LogP contribution in [-0.2, 0) is 13.6 Å². The summed E-state index contributed by atoms with van der Waals surface area (Å²) in [7, 11) is 4.16. The van der Waals surface area contributed by atoms with Gasteiger partial charge in [-0.25, -0.2) is 14.2 Å². The summed E-state index contributed by atoms with van der Waals surface area (Å²) in [6.45, 7) is 1.48. The Balaban J connectivity index is 1.26. The molecule has 2 amide bonds. The van der Waals surface area contributed by atoms with Crippen LogP contribution in [0.2, 0.25) is 0 Å². The summed E-state index contributed by atoms with van der Waals surface area (Å²) < 4.78 is 16.0. The molecule has 28 heavy (non-hydrogen) atoms. The third-order valence-corrected chi connectivity index (χ3v) is 6.92. The maximum absolute atomic E-state index is 14.0. The van der Waals surface area contributed by atoms with Gasteiger partial charge in [0, 0.05) is 56.7 Å². The molecule has 1 aromatic rings. The molecule has 0 spiro atoms. The summed E-state index contributed by atoms with van der Waals surface area (Å²) in [6, 6.07) is 1.32. The van der Waals surface area contributed by atoms with Crippen molar-refractivity contribution in [2.45, 2.75) is 75.4 Å². The van der Waals surface area contributed by atoms with Crippen molar-refractivity contribution in [2.24, 2.45) is 7.05 Å². The zero-order valence-corrected chi connectivity index (χ0v) is 17.0. The number of rotatable bonds is 5. The van der Waals surface area contributed by atoms with Gasteiger partial charge >= 0.3 is 6.03 Å². The van der Waals surface area contributed by atoms with E-state index in [1.165, 1.54) is 19.3 Å². The molecule has 2 unspecified atom stereocenters. The van der Waals surface area contributed by atoms with Crippen LogP contribution in [0, 0.1) is 0 Å². The monoisotopic (exact) mass is 392 g/mol. The number of piperidine rings is 2. The van der Waals surface area contributed by atoms with Gasteiger partial charge in [-0.3, -0.25) is 4.90 Å². The van der Waals surface area contributed by atoms with Crippen molar-refractivity contribution in [1.82, 2.24) is 30.0 Å². The maximum atomic E-state index is 14.0. The number of imidazole rings is 1. The van der Waals surface area contributed by atoms with Crippen LogP contribution in [0.15, 0.2) is 12.4 Å². The average molecular weight is 393 g/mol. The van der Waals surface area contributed by atoms with E-state index < -0.39 is 6.17 Å². The standard InChI is InChI=1S/C20H33FN6O/c1-25-7-6-22-19(25)13-27-12-14(21)8-18(27)11-23-20(28)24-15-9-16-4-3-5-17(10-15)26(16)2/h6-7,14-18H,3-5,8-13H2,1-2H3,(H2,23,24,28)/t14-,15?,16?,17?,18-/m0/s1. The molecule has 3 fully saturated rings. The van der Waals surface area contributed by atoms with Gasteiger partial charge in [-0.15, -0.1) is 0 Å². The first kappa shape index (κ1) is 19.6. The van der Waals surface area contributed by atoms with E-state index in [1.54, 1.807) is 6.20 Å². The largest absolute Gasteiger partial charge is 0.337 e. The van der Waals surface area contributed by atoms with Crippen molar-refractivity contribution >= 4 is 6.03 Å². The zero-order chi connectivity index (χ0) is 19.7. The lowest BCUT2D eigenvalue weighted by molar-refractivity contribution is 0.0508. The molecule has 3 aliphatic heterocycles. The molecule has 3 aliphatic rings. The Morgan fingerprint density at radius 2 is 2.00 bits per heavy atom. The van der Waals surface area contributed by atoms with Gasteiger partial charge in [-0.1, -0.05) is 6.42 Å². The van der Waals surface area contributed by atoms with Crippen molar-refractivity contribution < 1.29 is 9.18 Å². The lowest BCUT2D eigenvalue weighted by atomic mass is 9.82. The number of urea groups is 1. The fraction of sp³-hybridized carbons (Fsp3) is 0.800. The van der Waals surface area contributed by atoms with E-state index in [9.17, 15) is 9.18 Å². The number of halogens is 1. The molecule has 4 atom stereocenters. The van der Waals surface area contributed by atoms with E-state index in [1.807, 2.05) is 17.8 Å². The third-order valence-electron chi connectivity index (χ3n) is 6.92. The van der Waals surface area contributed by atoms with Gasteiger partial charge in [0.1, 0.15) is 12.0 Å². The molecule has 156 valence electrons. The molecule has 8 heteroatoms. The van der Waals surface area contributed by atoms with Crippen molar-refractivity contribution in [3.63, 3.8) is 0 Å². The number of carbonyl (C=O) groups excluding carboxylic acids is 1. The number of aromatic nitrogens is 2. The number of fused-ring (bicyclic) bond motifs is 2. The molecule has 2 bridgehead atoms. The first-order chi connectivity index (χ1) is 13.5. The highest BCUT2D eigenvalue weighted by atomic mass is 19.1. The van der Waals surface area contributed by atoms with Crippen LogP contribution in [0.5, 0.6) is 0 Å². The van der Waals surface area contributed by atoms with Crippen LogP contribution < -0.4 is 10.6 Å². The van der Waals surface area contributed by atoms with E-state index in [4.69, 9.17) is 0 Å². The Labute approximate surface area is 166 Å². The summed E-state index contributed by atoms with van der Waals surface area (Å²) >= 11 is 0. The lowest BCUT2D eigenvalue weighted by Crippen LogP contribution is -2.56. The predicted molar refractivity (Wildman–Crippen MR) is 106 cm³/mol. The van der Waals surface area contributed by atoms with E-state index >= 15 is 0 Å². The number of hydrogen-bond acceptors (Lipinski definition) is 4. The number of alkyl halides is 1. The molecule has 4 rings (SSSR count). The van der Waals surface area contributed by atoms with Crippen molar-refractivity contribution in [1.29, 1.82) is 0 Å². The van der Waals surface area contributed by atoms with Crippen molar-refractivity contribution in [3.8, 4) is 0 Å². The lowest BCUT2D eigenvalue weighted by Gasteiger charge is -2.47. The average Bonchev–Trinajstić information content (AvgIpc) is 3.20. The molecule has 0 radical (unpaired) electrons. The van der Waals surface area contributed by atoms with Gasteiger partial charge in [-0.2, -0.15) is 0 Å². The van der Waals surface area contributed by atoms with Gasteiger partial charge in [0.15, 0.2) is 0 Å². The quantitative estimate of drug-likeness (QED) is 0.800. The van der Waals surface area contributed by atoms with Gasteiger partial charge in [0.05, 0.1) is 6.54 Å². The minimum atomic E-state index is -0.844. The van der Waals surface area contributed by atoms with E-state index in [0.717, 1.165) is 18.7 Å². The van der Waals surface area contributed by atoms with Gasteiger partial charge in [-0.05, 0) is 39.2 Å². The highest BCUT2D eigenvalue weighted by Crippen LogP contribution is 2.32. The summed E-state index contributed by atoms with van der Waals surface area (Å²) in [5.41, 5.74) is 0. The Kier molecular flexibility index (Phi) is 5.87. The molecular weight excluding hydrogens is 359 g/mol. The second kappa shape index (κ2) is 8.37. The third kappa shape index (κ3) is 4.33. The van der Waals surface area contributed by atoms with Gasteiger partial charge in [0.2, 0.25) is 0 Å². The van der Waals surface area contributed by atoms with E-state index in [-0.39, 0.29) is 18.1 Å². The van der Waals surface area contributed by atoms with E-state index in [0.29, 0.717) is 38.1 Å². The fourth-order valence-electron chi connectivity index (χ4n) is 5.24. The first-order valence-electron chi connectivity index (χ1n) is 10.6. The number of amides is 2. The van der Waals surface area contributed by atoms with Crippen LogP contribution in [-0.4, -0.2) is 75.9 Å². The van der Waals surface area contributed by atoms with Crippen LogP contribution in [0.25, 0.3) is 0 Å². The van der Waals surface area contributed by atoms with Gasteiger partial charge < -0.3 is 20.1 Å². The zero-order valence-electron chi connectivity index (χ0n) is 17.0. The summed E-state index contributed by atoms with van der Waals surface area (Å²) in [5, 5.41) is 6.16. The minimum Gasteiger partial charge on any atom is -0.337 e. The number of aryl methyl sites for hydroxylation is 1. The highest BCUT2D eigenvalue weighted by molar-refractivity contribution is 5.74. The van der Waals surface area contributed by atoms with E-state index in [2.05, 4.69) is 32.5 Å². The smallest absolute Gasteiger partial charge is 0.315 e.